The van der Waals surface area contributed by atoms with Gasteiger partial charge in [0.05, 0.1) is 22.1 Å². The molecule has 1 unspecified atom stereocenters. The third kappa shape index (κ3) is 3.34. The van der Waals surface area contributed by atoms with Gasteiger partial charge in [0.25, 0.3) is 0 Å². The molecule has 1 aliphatic carbocycles. The van der Waals surface area contributed by atoms with Gasteiger partial charge in [-0.2, -0.15) is 0 Å². The van der Waals surface area contributed by atoms with E-state index >= 15 is 0 Å². The summed E-state index contributed by atoms with van der Waals surface area (Å²) < 4.78 is 39.0. The van der Waals surface area contributed by atoms with Gasteiger partial charge in [-0.3, -0.25) is 0 Å². The summed E-state index contributed by atoms with van der Waals surface area (Å²) in [5.74, 6) is 0. The summed E-state index contributed by atoms with van der Waals surface area (Å²) in [6, 6.07) is -0.440. The summed E-state index contributed by atoms with van der Waals surface area (Å²) >= 11 is 1.34. The molecule has 1 aromatic rings. The lowest BCUT2D eigenvalue weighted by Gasteiger charge is -2.16. The first-order valence-electron chi connectivity index (χ1n) is 5.44. The number of hydrogen-bond acceptors (Lipinski definition) is 4. The molecule has 0 aromatic carbocycles. The standard InChI is InChI=1S/C10H11F3N2O2S/c11-10(12,13)17-9(16)15-7-4-2-1-3-6-8(7)18-5-14-6/h5,7H,1-4H2,(H,15,16). The van der Waals surface area contributed by atoms with Crippen LogP contribution in [0.3, 0.4) is 0 Å². The number of amides is 1. The zero-order valence-electron chi connectivity index (χ0n) is 9.29. The molecule has 1 aromatic heterocycles. The highest BCUT2D eigenvalue weighted by Crippen LogP contribution is 2.31. The van der Waals surface area contributed by atoms with Gasteiger partial charge in [0, 0.05) is 0 Å². The van der Waals surface area contributed by atoms with E-state index in [1.807, 2.05) is 0 Å². The Morgan fingerprint density at radius 3 is 3.00 bits per heavy atom. The minimum Gasteiger partial charge on any atom is -0.356 e. The number of nitrogens with one attached hydrogen (secondary N) is 1. The molecular weight excluding hydrogens is 269 g/mol. The molecule has 1 amide bonds. The Labute approximate surface area is 105 Å². The maximum absolute atomic E-state index is 11.9. The van der Waals surface area contributed by atoms with Crippen molar-refractivity contribution in [2.24, 2.45) is 0 Å². The molecule has 0 saturated heterocycles. The van der Waals surface area contributed by atoms with E-state index in [-0.39, 0.29) is 0 Å². The van der Waals surface area contributed by atoms with E-state index in [9.17, 15) is 18.0 Å². The van der Waals surface area contributed by atoms with Crippen molar-refractivity contribution in [3.05, 3.63) is 16.1 Å². The average molecular weight is 280 g/mol. The van der Waals surface area contributed by atoms with Gasteiger partial charge in [-0.05, 0) is 19.3 Å². The van der Waals surface area contributed by atoms with E-state index in [1.54, 1.807) is 5.51 Å². The van der Waals surface area contributed by atoms with Crippen LogP contribution < -0.4 is 5.32 Å². The van der Waals surface area contributed by atoms with Crippen molar-refractivity contribution >= 4 is 17.4 Å². The Kier molecular flexibility index (Phi) is 3.74. The van der Waals surface area contributed by atoms with Crippen LogP contribution in [-0.4, -0.2) is 17.4 Å². The van der Waals surface area contributed by atoms with Crippen LogP contribution in [0.1, 0.15) is 35.9 Å². The SMILES string of the molecule is O=C(NC1CCCCc2ncsc21)OC(F)(F)F. The molecule has 2 rings (SSSR count). The molecule has 8 heteroatoms. The Bertz CT molecular complexity index is 433. The Morgan fingerprint density at radius 2 is 2.28 bits per heavy atom. The maximum atomic E-state index is 11.9. The van der Waals surface area contributed by atoms with Crippen molar-refractivity contribution in [3.63, 3.8) is 0 Å². The molecule has 4 nitrogen and oxygen atoms in total. The van der Waals surface area contributed by atoms with E-state index in [0.29, 0.717) is 6.42 Å². The number of ether oxygens (including phenoxy) is 1. The molecule has 1 aliphatic rings. The average Bonchev–Trinajstić information content (AvgIpc) is 2.61. The van der Waals surface area contributed by atoms with Crippen LogP contribution in [0.2, 0.25) is 0 Å². The molecule has 0 saturated carbocycles. The van der Waals surface area contributed by atoms with Crippen LogP contribution in [0.25, 0.3) is 0 Å². The maximum Gasteiger partial charge on any atom is 0.576 e. The summed E-state index contributed by atoms with van der Waals surface area (Å²) in [5.41, 5.74) is 2.49. The number of nitrogens with zero attached hydrogens (tertiary/aromatic N) is 1. The van der Waals surface area contributed by atoms with E-state index in [2.05, 4.69) is 15.0 Å². The summed E-state index contributed by atoms with van der Waals surface area (Å²) in [6.45, 7) is 0. The number of rotatable bonds is 1. The number of alkyl halides is 3. The van der Waals surface area contributed by atoms with Crippen LogP contribution in [0, 0.1) is 0 Å². The van der Waals surface area contributed by atoms with Gasteiger partial charge < -0.3 is 10.1 Å². The zero-order chi connectivity index (χ0) is 13.2. The second-order valence-corrected chi connectivity index (χ2v) is 4.83. The number of alkyl carbamates (subject to hydrolysis) is 1. The third-order valence-electron chi connectivity index (χ3n) is 2.65. The third-order valence-corrected chi connectivity index (χ3v) is 3.63. The predicted octanol–water partition coefficient (Wildman–Crippen LogP) is 3.16. The lowest BCUT2D eigenvalue weighted by atomic mass is 10.1. The monoisotopic (exact) mass is 280 g/mol. The van der Waals surface area contributed by atoms with Crippen LogP contribution in [0.15, 0.2) is 5.51 Å². The van der Waals surface area contributed by atoms with Gasteiger partial charge in [-0.1, -0.05) is 6.42 Å². The number of thiazole rings is 1. The van der Waals surface area contributed by atoms with E-state index in [1.165, 1.54) is 11.3 Å². The molecule has 100 valence electrons. The largest absolute Gasteiger partial charge is 0.576 e. The molecule has 1 N–H and O–H groups in total. The second-order valence-electron chi connectivity index (χ2n) is 3.94. The quantitative estimate of drug-likeness (QED) is 0.804. The van der Waals surface area contributed by atoms with Gasteiger partial charge in [-0.15, -0.1) is 24.5 Å². The zero-order valence-corrected chi connectivity index (χ0v) is 10.1. The van der Waals surface area contributed by atoms with Gasteiger partial charge in [0.2, 0.25) is 0 Å². The second kappa shape index (κ2) is 5.13. The molecule has 0 bridgehead atoms. The Balaban J connectivity index is 2.04. The summed E-state index contributed by atoms with van der Waals surface area (Å²) in [5, 5.41) is 2.25. The van der Waals surface area contributed by atoms with Crippen LogP contribution >= 0.6 is 11.3 Å². The van der Waals surface area contributed by atoms with Crippen molar-refractivity contribution < 1.29 is 22.7 Å². The van der Waals surface area contributed by atoms with Crippen molar-refractivity contribution in [2.45, 2.75) is 38.1 Å². The normalized spacial score (nSPS) is 19.8. The number of carbonyl (C=O) groups excluding carboxylic acids is 1. The number of hydrogen-bond donors (Lipinski definition) is 1. The minimum absolute atomic E-state index is 0.440. The van der Waals surface area contributed by atoms with E-state index < -0.39 is 18.5 Å². The van der Waals surface area contributed by atoms with Gasteiger partial charge in [0.1, 0.15) is 0 Å². The van der Waals surface area contributed by atoms with Crippen LogP contribution in [0.5, 0.6) is 0 Å². The topological polar surface area (TPSA) is 51.2 Å². The first-order valence-corrected chi connectivity index (χ1v) is 6.32. The fourth-order valence-corrected chi connectivity index (χ4v) is 2.86. The summed E-state index contributed by atoms with van der Waals surface area (Å²) in [4.78, 5) is 16.1. The lowest BCUT2D eigenvalue weighted by Crippen LogP contribution is -2.33. The van der Waals surface area contributed by atoms with Crippen molar-refractivity contribution in [1.82, 2.24) is 10.3 Å². The lowest BCUT2D eigenvalue weighted by molar-refractivity contribution is -0.291. The molecular formula is C10H11F3N2O2S. The predicted molar refractivity (Wildman–Crippen MR) is 58.1 cm³/mol. The van der Waals surface area contributed by atoms with Gasteiger partial charge >= 0.3 is 12.5 Å². The highest BCUT2D eigenvalue weighted by Gasteiger charge is 2.35. The van der Waals surface area contributed by atoms with Gasteiger partial charge in [0.15, 0.2) is 0 Å². The fraction of sp³-hybridized carbons (Fsp3) is 0.600. The molecule has 0 fully saturated rings. The smallest absolute Gasteiger partial charge is 0.356 e. The number of halogens is 3. The number of aromatic nitrogens is 1. The molecule has 0 spiro atoms. The van der Waals surface area contributed by atoms with Crippen molar-refractivity contribution in [3.8, 4) is 0 Å². The van der Waals surface area contributed by atoms with Crippen molar-refractivity contribution in [2.75, 3.05) is 0 Å². The molecule has 18 heavy (non-hydrogen) atoms. The van der Waals surface area contributed by atoms with E-state index in [4.69, 9.17) is 0 Å². The molecule has 1 heterocycles. The molecule has 0 radical (unpaired) electrons. The highest BCUT2D eigenvalue weighted by molar-refractivity contribution is 7.09. The Morgan fingerprint density at radius 1 is 1.50 bits per heavy atom. The highest BCUT2D eigenvalue weighted by atomic mass is 32.1. The number of fused-ring (bicyclic) bond motifs is 1. The first-order chi connectivity index (χ1) is 8.46. The van der Waals surface area contributed by atoms with Crippen LogP contribution in [-0.2, 0) is 11.2 Å². The summed E-state index contributed by atoms with van der Waals surface area (Å²) in [7, 11) is 0. The van der Waals surface area contributed by atoms with Crippen LogP contribution in [0.4, 0.5) is 18.0 Å². The molecule has 1 atom stereocenters. The number of carbonyl (C=O) groups is 1. The molecule has 0 aliphatic heterocycles. The first kappa shape index (κ1) is 13.1. The number of aryl methyl sites for hydroxylation is 1. The van der Waals surface area contributed by atoms with E-state index in [0.717, 1.165) is 29.8 Å². The summed E-state index contributed by atoms with van der Waals surface area (Å²) in [6.07, 6.45) is -3.27. The van der Waals surface area contributed by atoms with Crippen molar-refractivity contribution in [1.29, 1.82) is 0 Å². The fourth-order valence-electron chi connectivity index (χ4n) is 1.94. The van der Waals surface area contributed by atoms with Gasteiger partial charge in [-0.25, -0.2) is 9.78 Å². The Hall–Kier alpha value is -1.31. The minimum atomic E-state index is -4.95.